The van der Waals surface area contributed by atoms with Gasteiger partial charge in [-0.3, -0.25) is 0 Å². The molecule has 0 aliphatic carbocycles. The zero-order valence-corrected chi connectivity index (χ0v) is 13.5. The van der Waals surface area contributed by atoms with Gasteiger partial charge in [0.2, 0.25) is 0 Å². The fraction of sp³-hybridized carbons (Fsp3) is 0.143. The summed E-state index contributed by atoms with van der Waals surface area (Å²) in [6.45, 7) is 4.20. The van der Waals surface area contributed by atoms with E-state index in [4.69, 9.17) is 9.47 Å². The number of ether oxygens (including phenoxy) is 2. The monoisotopic (exact) mass is 304 g/mol. The molecule has 0 amide bonds. The zero-order chi connectivity index (χ0) is 16.1. The Labute approximate surface area is 137 Å². The van der Waals surface area contributed by atoms with Crippen LogP contribution in [0.3, 0.4) is 0 Å². The smallest absolute Gasteiger partial charge is 0.127 e. The van der Waals surface area contributed by atoms with Crippen LogP contribution in [-0.4, -0.2) is 0 Å². The lowest BCUT2D eigenvalue weighted by atomic mass is 10.2. The molecule has 0 saturated carbocycles. The predicted molar refractivity (Wildman–Crippen MR) is 93.6 cm³/mol. The molecule has 0 spiro atoms. The molecule has 0 fully saturated rings. The lowest BCUT2D eigenvalue weighted by Gasteiger charge is -2.09. The number of hydrogen-bond acceptors (Lipinski definition) is 2. The van der Waals surface area contributed by atoms with E-state index in [9.17, 15) is 0 Å². The van der Waals surface area contributed by atoms with Gasteiger partial charge in [0.15, 0.2) is 0 Å². The van der Waals surface area contributed by atoms with Crippen LogP contribution in [0.5, 0.6) is 23.0 Å². The standard InChI is InChI=1S/C21H20O2/c1-3-17-6-10-19(11-7-17)23-21-14-12-20(13-15-21)22-18-8-4-16(2)5-9-18/h4-15H,3H2,1-2H3. The maximum atomic E-state index is 5.84. The van der Waals surface area contributed by atoms with Crippen LogP contribution in [0, 0.1) is 6.92 Å². The number of benzene rings is 3. The Morgan fingerprint density at radius 1 is 0.565 bits per heavy atom. The molecular formula is C21H20O2. The van der Waals surface area contributed by atoms with Crippen LogP contribution in [0.4, 0.5) is 0 Å². The minimum absolute atomic E-state index is 0.794. The molecule has 0 atom stereocenters. The molecule has 3 aromatic carbocycles. The summed E-state index contributed by atoms with van der Waals surface area (Å²) in [5, 5.41) is 0. The van der Waals surface area contributed by atoms with Gasteiger partial charge in [0, 0.05) is 0 Å². The molecule has 0 radical (unpaired) electrons. The van der Waals surface area contributed by atoms with Crippen LogP contribution >= 0.6 is 0 Å². The summed E-state index contributed by atoms with van der Waals surface area (Å²) in [6.07, 6.45) is 1.03. The van der Waals surface area contributed by atoms with Crippen LogP contribution in [0.25, 0.3) is 0 Å². The first-order valence-corrected chi connectivity index (χ1v) is 7.84. The highest BCUT2D eigenvalue weighted by atomic mass is 16.5. The van der Waals surface area contributed by atoms with Crippen LogP contribution < -0.4 is 9.47 Å². The highest BCUT2D eigenvalue weighted by Gasteiger charge is 2.00. The third-order valence-electron chi connectivity index (χ3n) is 3.65. The Bertz CT molecular complexity index is 741. The molecular weight excluding hydrogens is 284 g/mol. The van der Waals surface area contributed by atoms with E-state index >= 15 is 0 Å². The Morgan fingerprint density at radius 3 is 1.30 bits per heavy atom. The van der Waals surface area contributed by atoms with Crippen molar-refractivity contribution in [1.29, 1.82) is 0 Å². The summed E-state index contributed by atoms with van der Waals surface area (Å²) < 4.78 is 11.7. The first kappa shape index (κ1) is 15.2. The van der Waals surface area contributed by atoms with Crippen LogP contribution in [0.15, 0.2) is 72.8 Å². The molecule has 0 saturated heterocycles. The Kier molecular flexibility index (Phi) is 4.62. The highest BCUT2D eigenvalue weighted by molar-refractivity contribution is 5.38. The molecule has 0 aromatic heterocycles. The van der Waals surface area contributed by atoms with Crippen molar-refractivity contribution in [3.05, 3.63) is 83.9 Å². The van der Waals surface area contributed by atoms with Crippen molar-refractivity contribution in [1.82, 2.24) is 0 Å². The SMILES string of the molecule is CCc1ccc(Oc2ccc(Oc3ccc(C)cc3)cc2)cc1. The maximum Gasteiger partial charge on any atom is 0.127 e. The van der Waals surface area contributed by atoms with Crippen LogP contribution in [0.2, 0.25) is 0 Å². The van der Waals surface area contributed by atoms with Gasteiger partial charge in [-0.2, -0.15) is 0 Å². The van der Waals surface area contributed by atoms with Gasteiger partial charge in [-0.1, -0.05) is 36.8 Å². The summed E-state index contributed by atoms with van der Waals surface area (Å²) >= 11 is 0. The van der Waals surface area contributed by atoms with Crippen molar-refractivity contribution in [2.24, 2.45) is 0 Å². The summed E-state index contributed by atoms with van der Waals surface area (Å²) in [4.78, 5) is 0. The summed E-state index contributed by atoms with van der Waals surface area (Å²) in [6, 6.07) is 23.8. The van der Waals surface area contributed by atoms with Crippen molar-refractivity contribution in [2.75, 3.05) is 0 Å². The second-order valence-electron chi connectivity index (χ2n) is 5.49. The summed E-state index contributed by atoms with van der Waals surface area (Å²) in [5.41, 5.74) is 2.52. The first-order valence-electron chi connectivity index (χ1n) is 7.84. The van der Waals surface area contributed by atoms with E-state index in [1.54, 1.807) is 0 Å². The van der Waals surface area contributed by atoms with Crippen molar-refractivity contribution in [3.63, 3.8) is 0 Å². The molecule has 0 aliphatic heterocycles. The third-order valence-corrected chi connectivity index (χ3v) is 3.65. The van der Waals surface area contributed by atoms with Gasteiger partial charge in [-0.15, -0.1) is 0 Å². The third kappa shape index (κ3) is 4.13. The topological polar surface area (TPSA) is 18.5 Å². The van der Waals surface area contributed by atoms with Gasteiger partial charge < -0.3 is 9.47 Å². The fourth-order valence-electron chi connectivity index (χ4n) is 2.25. The van der Waals surface area contributed by atoms with E-state index in [1.165, 1.54) is 11.1 Å². The molecule has 0 aliphatic rings. The second kappa shape index (κ2) is 7.01. The quantitative estimate of drug-likeness (QED) is 0.563. The average molecular weight is 304 g/mol. The molecule has 0 unspecified atom stereocenters. The van der Waals surface area contributed by atoms with Gasteiger partial charge >= 0.3 is 0 Å². The molecule has 2 heteroatoms. The van der Waals surface area contributed by atoms with E-state index < -0.39 is 0 Å². The molecule has 23 heavy (non-hydrogen) atoms. The van der Waals surface area contributed by atoms with E-state index in [-0.39, 0.29) is 0 Å². The lowest BCUT2D eigenvalue weighted by Crippen LogP contribution is -1.87. The van der Waals surface area contributed by atoms with Gasteiger partial charge in [-0.05, 0) is 67.4 Å². The van der Waals surface area contributed by atoms with Gasteiger partial charge in [0.1, 0.15) is 23.0 Å². The van der Waals surface area contributed by atoms with Gasteiger partial charge in [0.25, 0.3) is 0 Å². The molecule has 0 N–H and O–H groups in total. The Hall–Kier alpha value is -2.74. The maximum absolute atomic E-state index is 5.84. The molecule has 2 nitrogen and oxygen atoms in total. The largest absolute Gasteiger partial charge is 0.457 e. The number of hydrogen-bond donors (Lipinski definition) is 0. The van der Waals surface area contributed by atoms with Gasteiger partial charge in [0.05, 0.1) is 0 Å². The highest BCUT2D eigenvalue weighted by Crippen LogP contribution is 2.27. The van der Waals surface area contributed by atoms with Gasteiger partial charge in [-0.25, -0.2) is 0 Å². The molecule has 3 aromatic rings. The fourth-order valence-corrected chi connectivity index (χ4v) is 2.25. The summed E-state index contributed by atoms with van der Waals surface area (Å²) in [5.74, 6) is 3.27. The molecule has 116 valence electrons. The van der Waals surface area contributed by atoms with E-state index in [0.717, 1.165) is 29.4 Å². The van der Waals surface area contributed by atoms with Crippen LogP contribution in [0.1, 0.15) is 18.1 Å². The van der Waals surface area contributed by atoms with E-state index in [0.29, 0.717) is 0 Å². The zero-order valence-electron chi connectivity index (χ0n) is 13.5. The molecule has 3 rings (SSSR count). The minimum Gasteiger partial charge on any atom is -0.457 e. The Morgan fingerprint density at radius 2 is 0.913 bits per heavy atom. The normalized spacial score (nSPS) is 10.3. The lowest BCUT2D eigenvalue weighted by molar-refractivity contribution is 0.469. The van der Waals surface area contributed by atoms with Crippen LogP contribution in [-0.2, 0) is 6.42 Å². The Balaban J connectivity index is 1.65. The molecule has 0 bridgehead atoms. The van der Waals surface area contributed by atoms with E-state index in [1.807, 2.05) is 60.7 Å². The number of aryl methyl sites for hydroxylation is 2. The van der Waals surface area contributed by atoms with Crippen molar-refractivity contribution in [2.45, 2.75) is 20.3 Å². The molecule has 0 heterocycles. The predicted octanol–water partition coefficient (Wildman–Crippen LogP) is 6.14. The second-order valence-corrected chi connectivity index (χ2v) is 5.49. The van der Waals surface area contributed by atoms with Crippen molar-refractivity contribution >= 4 is 0 Å². The number of rotatable bonds is 5. The van der Waals surface area contributed by atoms with Crippen molar-refractivity contribution < 1.29 is 9.47 Å². The average Bonchev–Trinajstić information content (AvgIpc) is 2.59. The summed E-state index contributed by atoms with van der Waals surface area (Å²) in [7, 11) is 0. The van der Waals surface area contributed by atoms with E-state index in [2.05, 4.69) is 26.0 Å². The van der Waals surface area contributed by atoms with Crippen molar-refractivity contribution in [3.8, 4) is 23.0 Å². The first-order chi connectivity index (χ1) is 11.2. The minimum atomic E-state index is 0.794.